The van der Waals surface area contributed by atoms with Gasteiger partial charge in [-0.15, -0.1) is 0 Å². The van der Waals surface area contributed by atoms with E-state index in [0.29, 0.717) is 12.6 Å². The number of aromatic nitrogens is 1. The van der Waals surface area contributed by atoms with Crippen LogP contribution in [-0.4, -0.2) is 4.57 Å². The van der Waals surface area contributed by atoms with E-state index in [4.69, 9.17) is 17.3 Å². The molecule has 21 heavy (non-hydrogen) atoms. The number of hydrogen-bond donors (Lipinski definition) is 1. The van der Waals surface area contributed by atoms with Crippen LogP contribution >= 0.6 is 11.6 Å². The number of fused-ring (bicyclic) bond motifs is 1. The Morgan fingerprint density at radius 2 is 1.81 bits per heavy atom. The van der Waals surface area contributed by atoms with Crippen LogP contribution < -0.4 is 5.73 Å². The van der Waals surface area contributed by atoms with Gasteiger partial charge in [-0.3, -0.25) is 0 Å². The molecule has 2 aromatic carbocycles. The van der Waals surface area contributed by atoms with E-state index in [1.807, 2.05) is 18.2 Å². The molecule has 3 rings (SSSR count). The third-order valence-corrected chi connectivity index (χ3v) is 4.07. The number of halogens is 1. The van der Waals surface area contributed by atoms with Gasteiger partial charge in [0.2, 0.25) is 0 Å². The summed E-state index contributed by atoms with van der Waals surface area (Å²) in [4.78, 5) is 0. The Balaban J connectivity index is 2.44. The van der Waals surface area contributed by atoms with Gasteiger partial charge in [-0.05, 0) is 37.6 Å². The van der Waals surface area contributed by atoms with Gasteiger partial charge in [0, 0.05) is 39.8 Å². The lowest BCUT2D eigenvalue weighted by Gasteiger charge is -2.14. The summed E-state index contributed by atoms with van der Waals surface area (Å²) in [6.45, 7) is 4.87. The Morgan fingerprint density at radius 3 is 2.43 bits per heavy atom. The van der Waals surface area contributed by atoms with Crippen LogP contribution in [0.3, 0.4) is 0 Å². The maximum Gasteiger partial charge on any atom is 0.0492 e. The first-order valence-corrected chi connectivity index (χ1v) is 7.59. The molecule has 0 saturated heterocycles. The van der Waals surface area contributed by atoms with E-state index in [1.54, 1.807) is 0 Å². The van der Waals surface area contributed by atoms with Crippen molar-refractivity contribution in [3.63, 3.8) is 0 Å². The van der Waals surface area contributed by atoms with Gasteiger partial charge in [0.1, 0.15) is 0 Å². The SMILES string of the molecule is CC(C)n1c(CN)c(-c2ccccc2)c2cc(Cl)ccc21. The van der Waals surface area contributed by atoms with E-state index in [2.05, 4.69) is 48.7 Å². The highest BCUT2D eigenvalue weighted by Crippen LogP contribution is 2.37. The van der Waals surface area contributed by atoms with Crippen molar-refractivity contribution in [1.82, 2.24) is 4.57 Å². The second kappa shape index (κ2) is 5.55. The molecular weight excluding hydrogens is 280 g/mol. The molecule has 0 spiro atoms. The summed E-state index contributed by atoms with van der Waals surface area (Å²) in [6.07, 6.45) is 0. The zero-order valence-electron chi connectivity index (χ0n) is 12.3. The van der Waals surface area contributed by atoms with E-state index < -0.39 is 0 Å². The molecule has 2 nitrogen and oxygen atoms in total. The largest absolute Gasteiger partial charge is 0.340 e. The molecule has 0 fully saturated rings. The van der Waals surface area contributed by atoms with Crippen LogP contribution in [0.15, 0.2) is 48.5 Å². The van der Waals surface area contributed by atoms with Gasteiger partial charge in [-0.25, -0.2) is 0 Å². The average molecular weight is 299 g/mol. The van der Waals surface area contributed by atoms with E-state index in [1.165, 1.54) is 22.0 Å². The minimum absolute atomic E-state index is 0.352. The molecule has 2 N–H and O–H groups in total. The van der Waals surface area contributed by atoms with Gasteiger partial charge in [-0.2, -0.15) is 0 Å². The van der Waals surface area contributed by atoms with Gasteiger partial charge in [0.15, 0.2) is 0 Å². The van der Waals surface area contributed by atoms with Crippen molar-refractivity contribution < 1.29 is 0 Å². The first kappa shape index (κ1) is 14.2. The van der Waals surface area contributed by atoms with Crippen LogP contribution in [0, 0.1) is 0 Å². The van der Waals surface area contributed by atoms with Crippen molar-refractivity contribution in [2.75, 3.05) is 0 Å². The lowest BCUT2D eigenvalue weighted by Crippen LogP contribution is -2.10. The lowest BCUT2D eigenvalue weighted by molar-refractivity contribution is 0.596. The molecule has 0 bridgehead atoms. The summed E-state index contributed by atoms with van der Waals surface area (Å²) in [5.41, 5.74) is 10.8. The third-order valence-electron chi connectivity index (χ3n) is 3.84. The number of rotatable bonds is 3. The van der Waals surface area contributed by atoms with Crippen LogP contribution in [0.1, 0.15) is 25.6 Å². The molecule has 3 heteroatoms. The molecule has 0 aliphatic carbocycles. The van der Waals surface area contributed by atoms with Crippen molar-refractivity contribution in [2.24, 2.45) is 5.73 Å². The number of nitrogens with two attached hydrogens (primary N) is 1. The first-order valence-electron chi connectivity index (χ1n) is 7.21. The van der Waals surface area contributed by atoms with Crippen LogP contribution in [0.25, 0.3) is 22.0 Å². The van der Waals surface area contributed by atoms with Gasteiger partial charge >= 0.3 is 0 Å². The fraction of sp³-hybridized carbons (Fsp3) is 0.222. The summed E-state index contributed by atoms with van der Waals surface area (Å²) < 4.78 is 2.31. The molecule has 0 aliphatic rings. The lowest BCUT2D eigenvalue weighted by atomic mass is 10.0. The number of nitrogens with zero attached hydrogens (tertiary/aromatic N) is 1. The van der Waals surface area contributed by atoms with Gasteiger partial charge < -0.3 is 10.3 Å². The third kappa shape index (κ3) is 2.35. The Kier molecular flexibility index (Phi) is 3.75. The predicted octanol–water partition coefficient (Wildman–Crippen LogP) is 5.00. The highest BCUT2D eigenvalue weighted by atomic mass is 35.5. The van der Waals surface area contributed by atoms with Crippen molar-refractivity contribution in [1.29, 1.82) is 0 Å². The van der Waals surface area contributed by atoms with Crippen LogP contribution in [0.5, 0.6) is 0 Å². The normalized spacial score (nSPS) is 11.5. The number of benzene rings is 2. The Hall–Kier alpha value is -1.77. The fourth-order valence-corrected chi connectivity index (χ4v) is 3.23. The van der Waals surface area contributed by atoms with Crippen molar-refractivity contribution in [2.45, 2.75) is 26.4 Å². The number of hydrogen-bond acceptors (Lipinski definition) is 1. The Labute approximate surface area is 130 Å². The molecule has 3 aromatic rings. The van der Waals surface area contributed by atoms with Gasteiger partial charge in [0.05, 0.1) is 0 Å². The van der Waals surface area contributed by atoms with E-state index >= 15 is 0 Å². The molecule has 0 atom stereocenters. The molecular formula is C18H19ClN2. The molecule has 0 saturated carbocycles. The monoisotopic (exact) mass is 298 g/mol. The first-order chi connectivity index (χ1) is 10.1. The van der Waals surface area contributed by atoms with Gasteiger partial charge in [0.25, 0.3) is 0 Å². The Bertz CT molecular complexity index is 773. The molecule has 1 aromatic heterocycles. The second-order valence-corrected chi connectivity index (χ2v) is 5.95. The molecule has 0 aliphatic heterocycles. The summed E-state index contributed by atoms with van der Waals surface area (Å²) in [6, 6.07) is 16.8. The smallest absolute Gasteiger partial charge is 0.0492 e. The Morgan fingerprint density at radius 1 is 1.10 bits per heavy atom. The minimum atomic E-state index is 0.352. The summed E-state index contributed by atoms with van der Waals surface area (Å²) in [7, 11) is 0. The van der Waals surface area contributed by atoms with Crippen LogP contribution in [0.2, 0.25) is 5.02 Å². The van der Waals surface area contributed by atoms with Crippen molar-refractivity contribution in [3.8, 4) is 11.1 Å². The average Bonchev–Trinajstić information content (AvgIpc) is 2.81. The quantitative estimate of drug-likeness (QED) is 0.724. The zero-order chi connectivity index (χ0) is 15.0. The summed E-state index contributed by atoms with van der Waals surface area (Å²) in [5, 5.41) is 1.92. The molecule has 0 unspecified atom stereocenters. The highest BCUT2D eigenvalue weighted by Gasteiger charge is 2.19. The zero-order valence-corrected chi connectivity index (χ0v) is 13.1. The molecule has 108 valence electrons. The fourth-order valence-electron chi connectivity index (χ4n) is 3.06. The molecule has 0 amide bonds. The van der Waals surface area contributed by atoms with E-state index in [9.17, 15) is 0 Å². The topological polar surface area (TPSA) is 30.9 Å². The summed E-state index contributed by atoms with van der Waals surface area (Å²) >= 11 is 6.22. The van der Waals surface area contributed by atoms with E-state index in [0.717, 1.165) is 10.7 Å². The summed E-state index contributed by atoms with van der Waals surface area (Å²) in [5.74, 6) is 0. The van der Waals surface area contributed by atoms with Gasteiger partial charge in [-0.1, -0.05) is 41.9 Å². The van der Waals surface area contributed by atoms with Crippen LogP contribution in [0.4, 0.5) is 0 Å². The van der Waals surface area contributed by atoms with Crippen molar-refractivity contribution >= 4 is 22.5 Å². The maximum absolute atomic E-state index is 6.22. The highest BCUT2D eigenvalue weighted by molar-refractivity contribution is 6.31. The van der Waals surface area contributed by atoms with Crippen LogP contribution in [-0.2, 0) is 6.54 Å². The second-order valence-electron chi connectivity index (χ2n) is 5.52. The van der Waals surface area contributed by atoms with E-state index in [-0.39, 0.29) is 0 Å². The standard InChI is InChI=1S/C18H19ClN2/c1-12(2)21-16-9-8-14(19)10-15(16)18(17(21)11-20)13-6-4-3-5-7-13/h3-10,12H,11,20H2,1-2H3. The molecule has 0 radical (unpaired) electrons. The molecule has 1 heterocycles. The van der Waals surface area contributed by atoms with Crippen molar-refractivity contribution in [3.05, 3.63) is 59.2 Å². The maximum atomic E-state index is 6.22. The minimum Gasteiger partial charge on any atom is -0.340 e. The predicted molar refractivity (Wildman–Crippen MR) is 90.7 cm³/mol.